The molecule has 0 spiro atoms. The van der Waals surface area contributed by atoms with Gasteiger partial charge in [0.1, 0.15) is 0 Å². The van der Waals surface area contributed by atoms with Crippen LogP contribution < -0.4 is 4.72 Å². The number of hydrogen-bond acceptors (Lipinski definition) is 2. The van der Waals surface area contributed by atoms with Gasteiger partial charge in [-0.25, -0.2) is 13.1 Å². The minimum Gasteiger partial charge on any atom is -0.207 e. The van der Waals surface area contributed by atoms with Crippen LogP contribution in [0.5, 0.6) is 0 Å². The Kier molecular flexibility index (Phi) is 5.85. The zero-order valence-electron chi connectivity index (χ0n) is 10.9. The molecule has 0 heterocycles. The van der Waals surface area contributed by atoms with E-state index in [1.165, 1.54) is 12.1 Å². The summed E-state index contributed by atoms with van der Waals surface area (Å²) in [6.07, 6.45) is -4.71. The molecule has 0 saturated carbocycles. The molecular weight excluding hydrogens is 406 g/mol. The van der Waals surface area contributed by atoms with E-state index in [0.717, 1.165) is 12.1 Å². The molecule has 0 radical (unpaired) electrons. The number of sulfonamides is 1. The number of benzene rings is 1. The lowest BCUT2D eigenvalue weighted by molar-refractivity contribution is -0.139. The van der Waals surface area contributed by atoms with E-state index in [1.807, 2.05) is 36.4 Å². The molecule has 1 aromatic carbocycles. The molecule has 1 rings (SSSR count). The Morgan fingerprint density at radius 2 is 1.80 bits per heavy atom. The molecule has 0 saturated heterocycles. The quantitative estimate of drug-likeness (QED) is 0.585. The standard InChI is InChI=1S/C12H15F3INO2S/c1-8(2)10(7-16)17-20(18,19)11-6-4-3-5-9(11)12(13,14)15/h3-6,8,10,17H,7H2,1-2H3. The average molecular weight is 421 g/mol. The van der Waals surface area contributed by atoms with Crippen molar-refractivity contribution in [2.24, 2.45) is 5.92 Å². The van der Waals surface area contributed by atoms with Gasteiger partial charge in [0.25, 0.3) is 0 Å². The normalized spacial score (nSPS) is 14.6. The van der Waals surface area contributed by atoms with Gasteiger partial charge in [0, 0.05) is 10.5 Å². The predicted molar refractivity (Wildman–Crippen MR) is 79.3 cm³/mol. The maximum absolute atomic E-state index is 12.9. The van der Waals surface area contributed by atoms with Crippen molar-refractivity contribution in [1.29, 1.82) is 0 Å². The Morgan fingerprint density at radius 3 is 2.25 bits per heavy atom. The molecule has 20 heavy (non-hydrogen) atoms. The number of alkyl halides is 4. The highest BCUT2D eigenvalue weighted by Gasteiger charge is 2.37. The fraction of sp³-hybridized carbons (Fsp3) is 0.500. The largest absolute Gasteiger partial charge is 0.417 e. The van der Waals surface area contributed by atoms with E-state index in [1.54, 1.807) is 0 Å². The van der Waals surface area contributed by atoms with E-state index < -0.39 is 32.7 Å². The zero-order valence-corrected chi connectivity index (χ0v) is 13.9. The molecule has 0 fully saturated rings. The van der Waals surface area contributed by atoms with Gasteiger partial charge in [0.2, 0.25) is 10.0 Å². The highest BCUT2D eigenvalue weighted by molar-refractivity contribution is 14.1. The van der Waals surface area contributed by atoms with Crippen LogP contribution in [0.25, 0.3) is 0 Å². The fourth-order valence-electron chi connectivity index (χ4n) is 1.54. The van der Waals surface area contributed by atoms with Gasteiger partial charge in [0.15, 0.2) is 0 Å². The van der Waals surface area contributed by atoms with Crippen molar-refractivity contribution >= 4 is 32.6 Å². The van der Waals surface area contributed by atoms with Crippen LogP contribution >= 0.6 is 22.6 Å². The third kappa shape index (κ3) is 4.32. The molecule has 1 unspecified atom stereocenters. The molecule has 1 N–H and O–H groups in total. The summed E-state index contributed by atoms with van der Waals surface area (Å²) >= 11 is 2.00. The van der Waals surface area contributed by atoms with Crippen LogP contribution in [0.15, 0.2) is 29.2 Å². The van der Waals surface area contributed by atoms with E-state index in [2.05, 4.69) is 4.72 Å². The topological polar surface area (TPSA) is 46.2 Å². The summed E-state index contributed by atoms with van der Waals surface area (Å²) in [5, 5.41) is 0. The van der Waals surface area contributed by atoms with Crippen molar-refractivity contribution in [2.75, 3.05) is 4.43 Å². The molecule has 1 atom stereocenters. The second-order valence-electron chi connectivity index (χ2n) is 4.62. The first-order valence-corrected chi connectivity index (χ1v) is 8.85. The van der Waals surface area contributed by atoms with Crippen LogP contribution in [-0.4, -0.2) is 18.9 Å². The van der Waals surface area contributed by atoms with Crippen LogP contribution in [0.2, 0.25) is 0 Å². The van der Waals surface area contributed by atoms with Crippen LogP contribution in [0.3, 0.4) is 0 Å². The first-order chi connectivity index (χ1) is 9.09. The fourth-order valence-corrected chi connectivity index (χ4v) is 4.69. The summed E-state index contributed by atoms with van der Waals surface area (Å²) in [5.74, 6) is -0.0141. The van der Waals surface area contributed by atoms with Gasteiger partial charge in [-0.15, -0.1) is 0 Å². The number of halogens is 4. The number of rotatable bonds is 5. The van der Waals surface area contributed by atoms with Crippen LogP contribution in [-0.2, 0) is 16.2 Å². The first kappa shape index (κ1) is 17.7. The van der Waals surface area contributed by atoms with Crippen molar-refractivity contribution in [3.05, 3.63) is 29.8 Å². The van der Waals surface area contributed by atoms with E-state index in [9.17, 15) is 21.6 Å². The first-order valence-electron chi connectivity index (χ1n) is 5.84. The zero-order chi connectivity index (χ0) is 15.6. The van der Waals surface area contributed by atoms with Gasteiger partial charge in [-0.05, 0) is 18.1 Å². The van der Waals surface area contributed by atoms with Crippen molar-refractivity contribution in [2.45, 2.75) is 31.0 Å². The minimum atomic E-state index is -4.71. The smallest absolute Gasteiger partial charge is 0.207 e. The summed E-state index contributed by atoms with van der Waals surface area (Å²) < 4.78 is 65.7. The Balaban J connectivity index is 3.23. The molecule has 8 heteroatoms. The number of nitrogens with one attached hydrogen (secondary N) is 1. The predicted octanol–water partition coefficient (Wildman–Crippen LogP) is 3.44. The maximum atomic E-state index is 12.9. The second kappa shape index (κ2) is 6.61. The Morgan fingerprint density at radius 1 is 1.25 bits per heavy atom. The lowest BCUT2D eigenvalue weighted by Gasteiger charge is -2.21. The third-order valence-corrected chi connectivity index (χ3v) is 5.26. The Bertz CT molecular complexity index is 558. The number of hydrogen-bond donors (Lipinski definition) is 1. The van der Waals surface area contributed by atoms with Crippen molar-refractivity contribution in [1.82, 2.24) is 4.72 Å². The summed E-state index contributed by atoms with van der Waals surface area (Å²) in [5.41, 5.74) is -1.15. The van der Waals surface area contributed by atoms with Gasteiger partial charge < -0.3 is 0 Å². The lowest BCUT2D eigenvalue weighted by atomic mass is 10.1. The van der Waals surface area contributed by atoms with Gasteiger partial charge >= 0.3 is 6.18 Å². The third-order valence-electron chi connectivity index (χ3n) is 2.76. The van der Waals surface area contributed by atoms with E-state index in [4.69, 9.17) is 0 Å². The average Bonchev–Trinajstić information content (AvgIpc) is 2.34. The molecule has 0 aliphatic rings. The summed E-state index contributed by atoms with van der Waals surface area (Å²) in [4.78, 5) is -0.733. The van der Waals surface area contributed by atoms with E-state index in [0.29, 0.717) is 4.43 Å². The monoisotopic (exact) mass is 421 g/mol. The van der Waals surface area contributed by atoms with E-state index >= 15 is 0 Å². The van der Waals surface area contributed by atoms with Gasteiger partial charge in [0.05, 0.1) is 10.5 Å². The molecule has 114 valence electrons. The summed E-state index contributed by atoms with van der Waals surface area (Å²) in [6, 6.07) is 3.76. The van der Waals surface area contributed by atoms with Crippen molar-refractivity contribution < 1.29 is 21.6 Å². The molecular formula is C12H15F3INO2S. The molecule has 0 aliphatic heterocycles. The van der Waals surface area contributed by atoms with Crippen molar-refractivity contribution in [3.63, 3.8) is 0 Å². The van der Waals surface area contributed by atoms with Crippen LogP contribution in [0.1, 0.15) is 19.4 Å². The maximum Gasteiger partial charge on any atom is 0.417 e. The molecule has 0 bridgehead atoms. The van der Waals surface area contributed by atoms with Gasteiger partial charge in [-0.3, -0.25) is 0 Å². The lowest BCUT2D eigenvalue weighted by Crippen LogP contribution is -2.40. The molecule has 0 aliphatic carbocycles. The van der Waals surface area contributed by atoms with Crippen molar-refractivity contribution in [3.8, 4) is 0 Å². The van der Waals surface area contributed by atoms with E-state index in [-0.39, 0.29) is 5.92 Å². The second-order valence-corrected chi connectivity index (χ2v) is 7.18. The molecule has 0 aromatic heterocycles. The Labute approximate surface area is 130 Å². The Hall–Kier alpha value is -0.350. The highest BCUT2D eigenvalue weighted by atomic mass is 127. The molecule has 3 nitrogen and oxygen atoms in total. The van der Waals surface area contributed by atoms with Crippen LogP contribution in [0.4, 0.5) is 13.2 Å². The van der Waals surface area contributed by atoms with Gasteiger partial charge in [-0.2, -0.15) is 13.2 Å². The SMILES string of the molecule is CC(C)C(CI)NS(=O)(=O)c1ccccc1C(F)(F)F. The van der Waals surface area contributed by atoms with Gasteiger partial charge in [-0.1, -0.05) is 48.6 Å². The van der Waals surface area contributed by atoms with Crippen LogP contribution in [0, 0.1) is 5.92 Å². The highest BCUT2D eigenvalue weighted by Crippen LogP contribution is 2.34. The molecule has 1 aromatic rings. The summed E-state index contributed by atoms with van der Waals surface area (Å²) in [6.45, 7) is 3.61. The minimum absolute atomic E-state index is 0.0141. The summed E-state index contributed by atoms with van der Waals surface area (Å²) in [7, 11) is -4.21. The molecule has 0 amide bonds.